The summed E-state index contributed by atoms with van der Waals surface area (Å²) in [4.78, 5) is 26.4. The Bertz CT molecular complexity index is 442. The van der Waals surface area contributed by atoms with Gasteiger partial charge in [0.15, 0.2) is 5.82 Å². The highest BCUT2D eigenvalue weighted by molar-refractivity contribution is 5.89. The third kappa shape index (κ3) is 5.52. The number of aryl methyl sites for hydroxylation is 1. The molecule has 19 heavy (non-hydrogen) atoms. The van der Waals surface area contributed by atoms with Crippen LogP contribution in [0.2, 0.25) is 0 Å². The highest BCUT2D eigenvalue weighted by Crippen LogP contribution is 2.07. The minimum Gasteiger partial charge on any atom is -0.360 e. The number of likely N-dealkylation sites (N-methyl/N-ethyl adjacent to an activating group) is 2. The minimum atomic E-state index is -0.155. The van der Waals surface area contributed by atoms with Crippen molar-refractivity contribution in [1.29, 1.82) is 0 Å². The molecule has 1 aromatic heterocycles. The molecule has 0 atom stereocenters. The fourth-order valence-corrected chi connectivity index (χ4v) is 1.37. The second-order valence-electron chi connectivity index (χ2n) is 4.65. The summed E-state index contributed by atoms with van der Waals surface area (Å²) in [6.07, 6.45) is 0.295. The first-order valence-electron chi connectivity index (χ1n) is 6.00. The van der Waals surface area contributed by atoms with Gasteiger partial charge in [0.05, 0.1) is 6.54 Å². The number of nitrogens with zero attached hydrogens (tertiary/aromatic N) is 3. The molecule has 0 aliphatic heterocycles. The van der Waals surface area contributed by atoms with Crippen molar-refractivity contribution in [3.05, 3.63) is 11.8 Å². The first kappa shape index (κ1) is 15.2. The van der Waals surface area contributed by atoms with Gasteiger partial charge in [0, 0.05) is 33.1 Å². The van der Waals surface area contributed by atoms with Gasteiger partial charge >= 0.3 is 0 Å². The van der Waals surface area contributed by atoms with E-state index >= 15 is 0 Å². The molecule has 106 valence electrons. The molecule has 0 fully saturated rings. The number of anilines is 1. The van der Waals surface area contributed by atoms with E-state index in [0.717, 1.165) is 0 Å². The third-order valence-electron chi connectivity index (χ3n) is 2.52. The van der Waals surface area contributed by atoms with Gasteiger partial charge in [-0.3, -0.25) is 14.5 Å². The van der Waals surface area contributed by atoms with Crippen LogP contribution in [-0.4, -0.2) is 61.0 Å². The fraction of sp³-hybridized carbons (Fsp3) is 0.583. The molecule has 7 heteroatoms. The van der Waals surface area contributed by atoms with Crippen molar-refractivity contribution in [2.24, 2.45) is 0 Å². The topological polar surface area (TPSA) is 78.7 Å². The lowest BCUT2D eigenvalue weighted by Gasteiger charge is -2.18. The van der Waals surface area contributed by atoms with E-state index in [1.807, 2.05) is 0 Å². The van der Waals surface area contributed by atoms with Gasteiger partial charge in [-0.15, -0.1) is 0 Å². The lowest BCUT2D eigenvalue weighted by Crippen LogP contribution is -2.35. The summed E-state index contributed by atoms with van der Waals surface area (Å²) in [5, 5.41) is 6.30. The zero-order valence-corrected chi connectivity index (χ0v) is 11.8. The van der Waals surface area contributed by atoms with E-state index in [4.69, 9.17) is 4.52 Å². The molecule has 1 N–H and O–H groups in total. The molecular weight excluding hydrogens is 248 g/mol. The van der Waals surface area contributed by atoms with Crippen molar-refractivity contribution < 1.29 is 14.1 Å². The number of aromatic nitrogens is 1. The lowest BCUT2D eigenvalue weighted by atomic mass is 10.3. The number of rotatable bonds is 6. The molecule has 2 amide bonds. The first-order valence-corrected chi connectivity index (χ1v) is 6.00. The Kier molecular flexibility index (Phi) is 5.50. The predicted octanol–water partition coefficient (Wildman–Crippen LogP) is 0.332. The molecule has 0 aliphatic rings. The van der Waals surface area contributed by atoms with Crippen LogP contribution in [0.25, 0.3) is 0 Å². The monoisotopic (exact) mass is 268 g/mol. The molecular formula is C12H20N4O3. The van der Waals surface area contributed by atoms with Crippen LogP contribution in [0.3, 0.4) is 0 Å². The molecule has 0 aromatic carbocycles. The van der Waals surface area contributed by atoms with E-state index < -0.39 is 0 Å². The van der Waals surface area contributed by atoms with Gasteiger partial charge in [-0.2, -0.15) is 0 Å². The SMILES string of the molecule is Cc1cc(NC(=O)CCN(C)CC(=O)N(C)C)no1. The van der Waals surface area contributed by atoms with Crippen LogP contribution in [0.1, 0.15) is 12.2 Å². The average molecular weight is 268 g/mol. The van der Waals surface area contributed by atoms with Crippen molar-refractivity contribution in [1.82, 2.24) is 15.0 Å². The van der Waals surface area contributed by atoms with Crippen LogP contribution < -0.4 is 5.32 Å². The van der Waals surface area contributed by atoms with E-state index in [1.165, 1.54) is 4.90 Å². The summed E-state index contributed by atoms with van der Waals surface area (Å²) < 4.78 is 4.84. The molecule has 7 nitrogen and oxygen atoms in total. The Hall–Kier alpha value is -1.89. The smallest absolute Gasteiger partial charge is 0.236 e. The summed E-state index contributed by atoms with van der Waals surface area (Å²) in [6, 6.07) is 1.65. The number of nitrogens with one attached hydrogen (secondary N) is 1. The van der Waals surface area contributed by atoms with E-state index in [-0.39, 0.29) is 11.8 Å². The quantitative estimate of drug-likeness (QED) is 0.804. The number of carbonyl (C=O) groups is 2. The highest BCUT2D eigenvalue weighted by Gasteiger charge is 2.11. The van der Waals surface area contributed by atoms with Gasteiger partial charge in [0.25, 0.3) is 0 Å². The normalized spacial score (nSPS) is 10.6. The number of carbonyl (C=O) groups excluding carboxylic acids is 2. The van der Waals surface area contributed by atoms with E-state index in [2.05, 4.69) is 10.5 Å². The molecule has 0 aliphatic carbocycles. The molecule has 0 unspecified atom stereocenters. The largest absolute Gasteiger partial charge is 0.360 e. The van der Waals surface area contributed by atoms with Gasteiger partial charge in [-0.25, -0.2) is 0 Å². The molecule has 1 rings (SSSR count). The number of hydrogen-bond acceptors (Lipinski definition) is 5. The van der Waals surface area contributed by atoms with E-state index in [0.29, 0.717) is 31.1 Å². The van der Waals surface area contributed by atoms with E-state index in [9.17, 15) is 9.59 Å². The van der Waals surface area contributed by atoms with Crippen molar-refractivity contribution in [3.8, 4) is 0 Å². The Labute approximate surface area is 112 Å². The molecule has 0 saturated heterocycles. The Morgan fingerprint density at radius 2 is 2.05 bits per heavy atom. The minimum absolute atomic E-state index is 0.00929. The molecule has 0 bridgehead atoms. The van der Waals surface area contributed by atoms with Gasteiger partial charge in [-0.1, -0.05) is 5.16 Å². The van der Waals surface area contributed by atoms with Crippen molar-refractivity contribution in [2.45, 2.75) is 13.3 Å². The van der Waals surface area contributed by atoms with Crippen molar-refractivity contribution in [3.63, 3.8) is 0 Å². The van der Waals surface area contributed by atoms with Gasteiger partial charge in [0.2, 0.25) is 11.8 Å². The molecule has 0 radical (unpaired) electrons. The predicted molar refractivity (Wildman–Crippen MR) is 70.7 cm³/mol. The Morgan fingerprint density at radius 3 is 2.58 bits per heavy atom. The highest BCUT2D eigenvalue weighted by atomic mass is 16.5. The lowest BCUT2D eigenvalue weighted by molar-refractivity contribution is -0.130. The zero-order valence-electron chi connectivity index (χ0n) is 11.8. The summed E-state index contributed by atoms with van der Waals surface area (Å²) >= 11 is 0. The molecule has 1 heterocycles. The van der Waals surface area contributed by atoms with Crippen LogP contribution in [0, 0.1) is 6.92 Å². The first-order chi connectivity index (χ1) is 8.88. The molecule has 0 spiro atoms. The van der Waals surface area contributed by atoms with E-state index in [1.54, 1.807) is 39.0 Å². The van der Waals surface area contributed by atoms with Gasteiger partial charge in [0.1, 0.15) is 5.76 Å². The van der Waals surface area contributed by atoms with Gasteiger partial charge < -0.3 is 14.7 Å². The zero-order chi connectivity index (χ0) is 14.4. The average Bonchev–Trinajstić information content (AvgIpc) is 2.72. The van der Waals surface area contributed by atoms with Gasteiger partial charge in [-0.05, 0) is 14.0 Å². The maximum absolute atomic E-state index is 11.6. The maximum Gasteiger partial charge on any atom is 0.236 e. The fourth-order valence-electron chi connectivity index (χ4n) is 1.37. The van der Waals surface area contributed by atoms with Crippen molar-refractivity contribution >= 4 is 17.6 Å². The number of hydrogen-bond donors (Lipinski definition) is 1. The maximum atomic E-state index is 11.6. The summed E-state index contributed by atoms with van der Waals surface area (Å²) in [7, 11) is 5.21. The van der Waals surface area contributed by atoms with Crippen LogP contribution >= 0.6 is 0 Å². The molecule has 0 saturated carbocycles. The summed E-state index contributed by atoms with van der Waals surface area (Å²) in [5.74, 6) is 0.908. The van der Waals surface area contributed by atoms with Crippen LogP contribution in [-0.2, 0) is 9.59 Å². The summed E-state index contributed by atoms with van der Waals surface area (Å²) in [6.45, 7) is 2.55. The molecule has 1 aromatic rings. The van der Waals surface area contributed by atoms with Crippen LogP contribution in [0.15, 0.2) is 10.6 Å². The second kappa shape index (κ2) is 6.89. The number of amides is 2. The third-order valence-corrected chi connectivity index (χ3v) is 2.52. The standard InChI is InChI=1S/C12H20N4O3/c1-9-7-10(14-19-9)13-11(17)5-6-16(4)8-12(18)15(2)3/h7H,5-6,8H2,1-4H3,(H,13,14,17). The van der Waals surface area contributed by atoms with Crippen LogP contribution in [0.5, 0.6) is 0 Å². The second-order valence-corrected chi connectivity index (χ2v) is 4.65. The van der Waals surface area contributed by atoms with Crippen LogP contribution in [0.4, 0.5) is 5.82 Å². The summed E-state index contributed by atoms with van der Waals surface area (Å²) in [5.41, 5.74) is 0. The Morgan fingerprint density at radius 1 is 1.37 bits per heavy atom. The van der Waals surface area contributed by atoms with Crippen molar-refractivity contribution in [2.75, 3.05) is 39.5 Å². The Balaban J connectivity index is 2.28.